The van der Waals surface area contributed by atoms with Crippen LogP contribution in [0.2, 0.25) is 0 Å². The molecule has 3 heterocycles. The van der Waals surface area contributed by atoms with Crippen molar-refractivity contribution in [3.63, 3.8) is 0 Å². The van der Waals surface area contributed by atoms with Gasteiger partial charge in [0.1, 0.15) is 10.7 Å². The summed E-state index contributed by atoms with van der Waals surface area (Å²) < 4.78 is 11.3. The van der Waals surface area contributed by atoms with Crippen LogP contribution in [0.3, 0.4) is 0 Å². The molecule has 1 saturated heterocycles. The number of nitrogens with one attached hydrogen (secondary N) is 1. The van der Waals surface area contributed by atoms with Crippen molar-refractivity contribution >= 4 is 38.2 Å². The van der Waals surface area contributed by atoms with Crippen LogP contribution in [0.5, 0.6) is 0 Å². The normalized spacial score (nSPS) is 17.9. The highest BCUT2D eigenvalue weighted by Gasteiger charge is 2.17. The average molecular weight is 297 g/mol. The van der Waals surface area contributed by atoms with Gasteiger partial charge in [0.2, 0.25) is 0 Å². The molecular weight excluding hydrogens is 282 g/mol. The lowest BCUT2D eigenvalue weighted by atomic mass is 10.3. The molecule has 3 N–H and O–H groups in total. The lowest BCUT2D eigenvalue weighted by molar-refractivity contribution is 0.284. The fraction of sp³-hybridized carbons (Fsp3) is 0.455. The Balaban J connectivity index is 1.82. The van der Waals surface area contributed by atoms with E-state index in [1.165, 1.54) is 0 Å². The molecule has 1 fully saturated rings. The molecule has 0 aromatic carbocycles. The van der Waals surface area contributed by atoms with Gasteiger partial charge in [0.05, 0.1) is 11.9 Å². The SMILES string of the molecule is NNc1nc(CN2CCS(=O)CC2)nc2sccc12. The maximum absolute atomic E-state index is 11.3. The standard InChI is InChI=1S/C11H15N5OS2/c12-15-10-8-1-4-18-11(8)14-9(13-10)7-16-2-5-19(17)6-3-16/h1,4H,2-3,5-7,12H2,(H,13,14,15). The number of nitrogen functional groups attached to an aromatic ring is 1. The van der Waals surface area contributed by atoms with E-state index < -0.39 is 10.8 Å². The van der Waals surface area contributed by atoms with Gasteiger partial charge in [0.15, 0.2) is 5.82 Å². The summed E-state index contributed by atoms with van der Waals surface area (Å²) in [5, 5.41) is 2.93. The lowest BCUT2D eigenvalue weighted by Crippen LogP contribution is -2.37. The molecule has 102 valence electrons. The molecule has 0 unspecified atom stereocenters. The summed E-state index contributed by atoms with van der Waals surface area (Å²) in [5.41, 5.74) is 2.63. The molecule has 2 aromatic rings. The van der Waals surface area contributed by atoms with Gasteiger partial charge >= 0.3 is 0 Å². The largest absolute Gasteiger partial charge is 0.308 e. The number of hydrogen-bond donors (Lipinski definition) is 2. The molecule has 3 rings (SSSR count). The van der Waals surface area contributed by atoms with Crippen molar-refractivity contribution in [2.45, 2.75) is 6.54 Å². The Kier molecular flexibility index (Phi) is 3.74. The first-order chi connectivity index (χ1) is 9.26. The van der Waals surface area contributed by atoms with Crippen LogP contribution in [-0.2, 0) is 17.3 Å². The molecule has 1 aliphatic heterocycles. The van der Waals surface area contributed by atoms with Gasteiger partial charge in [-0.1, -0.05) is 0 Å². The summed E-state index contributed by atoms with van der Waals surface area (Å²) in [4.78, 5) is 12.2. The summed E-state index contributed by atoms with van der Waals surface area (Å²) >= 11 is 1.58. The number of rotatable bonds is 3. The number of anilines is 1. The number of nitrogens with zero attached hydrogens (tertiary/aromatic N) is 3. The third-order valence-corrected chi connectivity index (χ3v) is 5.23. The Hall–Kier alpha value is -1.09. The number of thiophene rings is 1. The molecule has 0 atom stereocenters. The second-order valence-corrected chi connectivity index (χ2v) is 6.99. The van der Waals surface area contributed by atoms with E-state index in [0.717, 1.165) is 40.6 Å². The van der Waals surface area contributed by atoms with E-state index in [9.17, 15) is 4.21 Å². The summed E-state index contributed by atoms with van der Waals surface area (Å²) in [6, 6.07) is 1.96. The van der Waals surface area contributed by atoms with Crippen LogP contribution in [0.4, 0.5) is 5.82 Å². The minimum Gasteiger partial charge on any atom is -0.308 e. The van der Waals surface area contributed by atoms with E-state index in [2.05, 4.69) is 20.3 Å². The zero-order chi connectivity index (χ0) is 13.2. The van der Waals surface area contributed by atoms with Gasteiger partial charge in [-0.25, -0.2) is 15.8 Å². The molecule has 0 saturated carbocycles. The van der Waals surface area contributed by atoms with Crippen LogP contribution in [0.15, 0.2) is 11.4 Å². The van der Waals surface area contributed by atoms with E-state index in [4.69, 9.17) is 5.84 Å². The smallest absolute Gasteiger partial charge is 0.152 e. The molecular formula is C11H15N5OS2. The van der Waals surface area contributed by atoms with Crippen molar-refractivity contribution in [3.05, 3.63) is 17.3 Å². The van der Waals surface area contributed by atoms with Gasteiger partial charge in [-0.2, -0.15) is 0 Å². The van der Waals surface area contributed by atoms with Gasteiger partial charge in [-0.15, -0.1) is 11.3 Å². The highest BCUT2D eigenvalue weighted by atomic mass is 32.2. The number of fused-ring (bicyclic) bond motifs is 1. The summed E-state index contributed by atoms with van der Waals surface area (Å²) in [7, 11) is -0.653. The van der Waals surface area contributed by atoms with E-state index in [1.54, 1.807) is 11.3 Å². The second kappa shape index (κ2) is 5.49. The van der Waals surface area contributed by atoms with Gasteiger partial charge in [0.25, 0.3) is 0 Å². The van der Waals surface area contributed by atoms with Gasteiger partial charge in [0, 0.05) is 35.4 Å². The van der Waals surface area contributed by atoms with Crippen LogP contribution in [0.25, 0.3) is 10.2 Å². The highest BCUT2D eigenvalue weighted by molar-refractivity contribution is 7.85. The third-order valence-electron chi connectivity index (χ3n) is 3.14. The van der Waals surface area contributed by atoms with Crippen LogP contribution in [-0.4, -0.2) is 43.7 Å². The molecule has 19 heavy (non-hydrogen) atoms. The van der Waals surface area contributed by atoms with Crippen molar-refractivity contribution in [1.82, 2.24) is 14.9 Å². The third kappa shape index (κ3) is 2.76. The summed E-state index contributed by atoms with van der Waals surface area (Å²) in [6.45, 7) is 2.35. The minimum atomic E-state index is -0.653. The zero-order valence-corrected chi connectivity index (χ0v) is 12.0. The Labute approximate surface area is 117 Å². The van der Waals surface area contributed by atoms with Crippen molar-refractivity contribution in [2.75, 3.05) is 30.0 Å². The topological polar surface area (TPSA) is 84.1 Å². The van der Waals surface area contributed by atoms with E-state index >= 15 is 0 Å². The van der Waals surface area contributed by atoms with Crippen molar-refractivity contribution in [2.24, 2.45) is 5.84 Å². The Bertz CT molecular complexity index is 604. The van der Waals surface area contributed by atoms with Gasteiger partial charge < -0.3 is 5.43 Å². The predicted molar refractivity (Wildman–Crippen MR) is 78.4 cm³/mol. The molecule has 0 radical (unpaired) electrons. The maximum Gasteiger partial charge on any atom is 0.152 e. The quantitative estimate of drug-likeness (QED) is 0.635. The second-order valence-electron chi connectivity index (χ2n) is 4.40. The van der Waals surface area contributed by atoms with E-state index in [-0.39, 0.29) is 0 Å². The lowest BCUT2D eigenvalue weighted by Gasteiger charge is -2.25. The average Bonchev–Trinajstić information content (AvgIpc) is 2.89. The molecule has 8 heteroatoms. The van der Waals surface area contributed by atoms with E-state index in [0.29, 0.717) is 12.4 Å². The van der Waals surface area contributed by atoms with Crippen LogP contribution < -0.4 is 11.3 Å². The summed E-state index contributed by atoms with van der Waals surface area (Å²) in [5.74, 6) is 8.41. The van der Waals surface area contributed by atoms with Crippen LogP contribution >= 0.6 is 11.3 Å². The number of nitrogens with two attached hydrogens (primary N) is 1. The molecule has 0 amide bonds. The highest BCUT2D eigenvalue weighted by Crippen LogP contribution is 2.24. The van der Waals surface area contributed by atoms with Crippen molar-refractivity contribution in [3.8, 4) is 0 Å². The van der Waals surface area contributed by atoms with Crippen molar-refractivity contribution in [1.29, 1.82) is 0 Å². The Morgan fingerprint density at radius 1 is 1.42 bits per heavy atom. The molecule has 2 aromatic heterocycles. The number of aromatic nitrogens is 2. The van der Waals surface area contributed by atoms with Crippen LogP contribution in [0, 0.1) is 0 Å². The van der Waals surface area contributed by atoms with Gasteiger partial charge in [-0.05, 0) is 11.4 Å². The van der Waals surface area contributed by atoms with Crippen LogP contribution in [0.1, 0.15) is 5.82 Å². The summed E-state index contributed by atoms with van der Waals surface area (Å²) in [6.07, 6.45) is 0. The molecule has 1 aliphatic rings. The molecule has 0 bridgehead atoms. The maximum atomic E-state index is 11.3. The van der Waals surface area contributed by atoms with E-state index in [1.807, 2.05) is 11.4 Å². The van der Waals surface area contributed by atoms with Gasteiger partial charge in [-0.3, -0.25) is 9.11 Å². The predicted octanol–water partition coefficient (Wildman–Crippen LogP) is 0.541. The number of hydrazine groups is 1. The fourth-order valence-electron chi connectivity index (χ4n) is 2.11. The zero-order valence-electron chi connectivity index (χ0n) is 10.3. The Morgan fingerprint density at radius 2 is 2.21 bits per heavy atom. The first-order valence-electron chi connectivity index (χ1n) is 6.04. The molecule has 0 aliphatic carbocycles. The first-order valence-corrected chi connectivity index (χ1v) is 8.41. The monoisotopic (exact) mass is 297 g/mol. The Morgan fingerprint density at radius 3 is 2.95 bits per heavy atom. The number of hydrogen-bond acceptors (Lipinski definition) is 7. The fourth-order valence-corrected chi connectivity index (χ4v) is 4.02. The van der Waals surface area contributed by atoms with Crippen molar-refractivity contribution < 1.29 is 4.21 Å². The molecule has 6 nitrogen and oxygen atoms in total. The first kappa shape index (κ1) is 12.9. The minimum absolute atomic E-state index is 0.653. The molecule has 0 spiro atoms.